The lowest BCUT2D eigenvalue weighted by Gasteiger charge is -2.03. The Hall–Kier alpha value is -2.39. The lowest BCUT2D eigenvalue weighted by molar-refractivity contribution is 0.102. The first-order valence-corrected chi connectivity index (χ1v) is 5.34. The van der Waals surface area contributed by atoms with Crippen molar-refractivity contribution < 1.29 is 4.79 Å². The molecule has 0 aliphatic carbocycles. The number of rotatable bonds is 2. The monoisotopic (exact) mass is 261 g/mol. The second-order valence-corrected chi connectivity index (χ2v) is 3.89. The van der Waals surface area contributed by atoms with Crippen molar-refractivity contribution in [3.8, 4) is 6.07 Å². The van der Waals surface area contributed by atoms with Gasteiger partial charge < -0.3 is 5.32 Å². The topological polar surface area (TPSA) is 83.6 Å². The van der Waals surface area contributed by atoms with E-state index in [0.717, 1.165) is 0 Å². The van der Waals surface area contributed by atoms with Crippen molar-refractivity contribution in [1.29, 1.82) is 5.26 Å². The first kappa shape index (κ1) is 12.1. The molecule has 0 aliphatic rings. The summed E-state index contributed by atoms with van der Waals surface area (Å²) in [6.45, 7) is 0. The summed E-state index contributed by atoms with van der Waals surface area (Å²) in [4.78, 5) is 15.7. The van der Waals surface area contributed by atoms with Crippen LogP contribution in [-0.2, 0) is 7.05 Å². The average molecular weight is 262 g/mol. The van der Waals surface area contributed by atoms with E-state index in [2.05, 4.69) is 15.4 Å². The highest BCUT2D eigenvalue weighted by Gasteiger charge is 2.14. The molecule has 0 saturated heterocycles. The number of hydrogen-bond donors (Lipinski definition) is 1. The predicted octanol–water partition coefficient (Wildman–Crippen LogP) is 1.59. The third kappa shape index (κ3) is 2.31. The summed E-state index contributed by atoms with van der Waals surface area (Å²) in [6.07, 6.45) is 4.35. The molecule has 2 aromatic rings. The second kappa shape index (κ2) is 4.85. The van der Waals surface area contributed by atoms with E-state index >= 15 is 0 Å². The Balaban J connectivity index is 2.27. The molecular weight excluding hydrogens is 254 g/mol. The molecule has 7 heteroatoms. The predicted molar refractivity (Wildman–Crippen MR) is 65.1 cm³/mol. The number of nitriles is 1. The van der Waals surface area contributed by atoms with E-state index in [9.17, 15) is 4.79 Å². The molecule has 1 amide bonds. The van der Waals surface area contributed by atoms with Gasteiger partial charge >= 0.3 is 0 Å². The van der Waals surface area contributed by atoms with E-state index in [0.29, 0.717) is 0 Å². The Morgan fingerprint density at radius 3 is 3.06 bits per heavy atom. The molecule has 0 aliphatic heterocycles. The van der Waals surface area contributed by atoms with Crippen LogP contribution in [0.5, 0.6) is 0 Å². The second-order valence-electron chi connectivity index (χ2n) is 3.49. The molecular formula is C11H8ClN5O. The highest BCUT2D eigenvalue weighted by Crippen LogP contribution is 2.17. The van der Waals surface area contributed by atoms with Crippen LogP contribution in [0.15, 0.2) is 24.7 Å². The maximum Gasteiger partial charge on any atom is 0.259 e. The van der Waals surface area contributed by atoms with E-state index in [-0.39, 0.29) is 22.0 Å². The molecule has 0 bridgehead atoms. The van der Waals surface area contributed by atoms with Crippen LogP contribution < -0.4 is 5.32 Å². The van der Waals surface area contributed by atoms with Crippen LogP contribution in [0, 0.1) is 11.3 Å². The van der Waals surface area contributed by atoms with E-state index in [4.69, 9.17) is 16.9 Å². The van der Waals surface area contributed by atoms with Crippen LogP contribution in [0.4, 0.5) is 5.82 Å². The molecule has 2 rings (SSSR count). The maximum absolute atomic E-state index is 11.9. The maximum atomic E-state index is 11.9. The number of hydrogen-bond acceptors (Lipinski definition) is 4. The lowest BCUT2D eigenvalue weighted by atomic mass is 10.2. The van der Waals surface area contributed by atoms with Crippen molar-refractivity contribution in [2.24, 2.45) is 7.05 Å². The number of aromatic nitrogens is 3. The van der Waals surface area contributed by atoms with Crippen LogP contribution >= 0.6 is 11.6 Å². The van der Waals surface area contributed by atoms with Crippen LogP contribution in [0.1, 0.15) is 15.9 Å². The van der Waals surface area contributed by atoms with Crippen molar-refractivity contribution >= 4 is 23.3 Å². The smallest absolute Gasteiger partial charge is 0.259 e. The number of anilines is 1. The Bertz CT molecular complexity index is 643. The quantitative estimate of drug-likeness (QED) is 0.890. The Kier molecular flexibility index (Phi) is 3.26. The van der Waals surface area contributed by atoms with Gasteiger partial charge in [-0.05, 0) is 6.07 Å². The van der Waals surface area contributed by atoms with Crippen LogP contribution in [-0.4, -0.2) is 20.7 Å². The number of carbonyl (C=O) groups is 1. The molecule has 0 atom stereocenters. The van der Waals surface area contributed by atoms with Crippen molar-refractivity contribution in [3.63, 3.8) is 0 Å². The molecule has 18 heavy (non-hydrogen) atoms. The highest BCUT2D eigenvalue weighted by molar-refractivity contribution is 6.34. The molecule has 2 heterocycles. The summed E-state index contributed by atoms with van der Waals surface area (Å²) in [5.74, 6) is -0.256. The van der Waals surface area contributed by atoms with E-state index in [1.165, 1.54) is 29.3 Å². The van der Waals surface area contributed by atoms with Gasteiger partial charge in [-0.15, -0.1) is 0 Å². The highest BCUT2D eigenvalue weighted by atomic mass is 35.5. The van der Waals surface area contributed by atoms with Crippen molar-refractivity contribution in [1.82, 2.24) is 14.8 Å². The fraction of sp³-hybridized carbons (Fsp3) is 0.0909. The fourth-order valence-electron chi connectivity index (χ4n) is 1.38. The molecule has 2 aromatic heterocycles. The van der Waals surface area contributed by atoms with Gasteiger partial charge in [-0.2, -0.15) is 10.4 Å². The van der Waals surface area contributed by atoms with Gasteiger partial charge in [0, 0.05) is 25.6 Å². The van der Waals surface area contributed by atoms with Gasteiger partial charge in [0.2, 0.25) is 0 Å². The fourth-order valence-corrected chi connectivity index (χ4v) is 1.57. The standard InChI is InChI=1S/C11H8ClN5O/c1-17-6-7(4-13)10(16-17)15-11(18)8-5-14-3-2-9(8)12/h2-3,5-6H,1H3,(H,15,16,18). The molecule has 0 unspecified atom stereocenters. The molecule has 0 saturated carbocycles. The molecule has 90 valence electrons. The number of halogens is 1. The van der Waals surface area contributed by atoms with E-state index < -0.39 is 5.91 Å². The van der Waals surface area contributed by atoms with Gasteiger partial charge in [-0.1, -0.05) is 11.6 Å². The number of carbonyl (C=O) groups excluding carboxylic acids is 1. The average Bonchev–Trinajstić information content (AvgIpc) is 2.70. The van der Waals surface area contributed by atoms with Crippen LogP contribution in [0.25, 0.3) is 0 Å². The lowest BCUT2D eigenvalue weighted by Crippen LogP contribution is -2.14. The third-order valence-electron chi connectivity index (χ3n) is 2.19. The SMILES string of the molecule is Cn1cc(C#N)c(NC(=O)c2cnccc2Cl)n1. The van der Waals surface area contributed by atoms with Gasteiger partial charge in [0.05, 0.1) is 10.6 Å². The first-order chi connectivity index (χ1) is 8.61. The van der Waals surface area contributed by atoms with E-state index in [1.54, 1.807) is 7.05 Å². The Morgan fingerprint density at radius 2 is 2.39 bits per heavy atom. The van der Waals surface area contributed by atoms with Gasteiger partial charge in [0.15, 0.2) is 5.82 Å². The van der Waals surface area contributed by atoms with Crippen LogP contribution in [0.3, 0.4) is 0 Å². The minimum Gasteiger partial charge on any atom is -0.304 e. The normalized spacial score (nSPS) is 9.83. The number of pyridine rings is 1. The zero-order valence-electron chi connectivity index (χ0n) is 9.38. The van der Waals surface area contributed by atoms with Crippen molar-refractivity contribution in [2.45, 2.75) is 0 Å². The van der Waals surface area contributed by atoms with Crippen LogP contribution in [0.2, 0.25) is 5.02 Å². The number of amides is 1. The number of nitrogens with one attached hydrogen (secondary N) is 1. The van der Waals surface area contributed by atoms with Gasteiger partial charge in [0.25, 0.3) is 5.91 Å². The summed E-state index contributed by atoms with van der Waals surface area (Å²) in [5, 5.41) is 15.7. The largest absolute Gasteiger partial charge is 0.304 e. The molecule has 0 spiro atoms. The molecule has 0 fully saturated rings. The molecule has 1 N–H and O–H groups in total. The Labute approximate surface area is 108 Å². The third-order valence-corrected chi connectivity index (χ3v) is 2.52. The zero-order chi connectivity index (χ0) is 13.1. The van der Waals surface area contributed by atoms with Gasteiger partial charge in [-0.3, -0.25) is 14.5 Å². The summed E-state index contributed by atoms with van der Waals surface area (Å²) in [5.41, 5.74) is 0.513. The number of aryl methyl sites for hydroxylation is 1. The van der Waals surface area contributed by atoms with E-state index in [1.807, 2.05) is 6.07 Å². The van der Waals surface area contributed by atoms with Crippen molar-refractivity contribution in [3.05, 3.63) is 40.8 Å². The first-order valence-electron chi connectivity index (χ1n) is 4.96. The summed E-state index contributed by atoms with van der Waals surface area (Å²) >= 11 is 5.87. The van der Waals surface area contributed by atoms with Crippen molar-refractivity contribution in [2.75, 3.05) is 5.32 Å². The Morgan fingerprint density at radius 1 is 1.61 bits per heavy atom. The summed E-state index contributed by atoms with van der Waals surface area (Å²) in [6, 6.07) is 3.46. The molecule has 0 radical (unpaired) electrons. The minimum absolute atomic E-state index is 0.199. The van der Waals surface area contributed by atoms with Gasteiger partial charge in [0.1, 0.15) is 11.6 Å². The summed E-state index contributed by atoms with van der Waals surface area (Å²) in [7, 11) is 1.66. The molecule has 6 nitrogen and oxygen atoms in total. The zero-order valence-corrected chi connectivity index (χ0v) is 10.1. The summed E-state index contributed by atoms with van der Waals surface area (Å²) < 4.78 is 1.44. The minimum atomic E-state index is -0.455. The molecule has 0 aromatic carbocycles. The van der Waals surface area contributed by atoms with Gasteiger partial charge in [-0.25, -0.2) is 0 Å². The number of nitrogens with zero attached hydrogens (tertiary/aromatic N) is 4.